The Balaban J connectivity index is 1.66. The number of fused-ring (bicyclic) bond motifs is 1. The molecule has 0 fully saturated rings. The Kier molecular flexibility index (Phi) is 6.33. The first kappa shape index (κ1) is 19.5. The average Bonchev–Trinajstić information content (AvgIpc) is 3.24. The molecule has 2 aromatic heterocycles. The molecule has 0 saturated carbocycles. The second kappa shape index (κ2) is 9.09. The number of oxime groups is 2. The molecule has 28 heavy (non-hydrogen) atoms. The van der Waals surface area contributed by atoms with E-state index in [0.717, 1.165) is 15.5 Å². The van der Waals surface area contributed by atoms with E-state index in [4.69, 9.17) is 9.68 Å². The van der Waals surface area contributed by atoms with Gasteiger partial charge in [0.25, 0.3) is 0 Å². The Hall–Kier alpha value is -3.27. The van der Waals surface area contributed by atoms with E-state index in [-0.39, 0.29) is 18.9 Å². The summed E-state index contributed by atoms with van der Waals surface area (Å²) in [6, 6.07) is 6.94. The Morgan fingerprint density at radius 3 is 2.96 bits per heavy atom. The largest absolute Gasteiger partial charge is 0.476 e. The van der Waals surface area contributed by atoms with Crippen molar-refractivity contribution in [3.05, 3.63) is 52.3 Å². The van der Waals surface area contributed by atoms with E-state index < -0.39 is 5.97 Å². The van der Waals surface area contributed by atoms with Crippen LogP contribution in [0.15, 0.2) is 40.9 Å². The van der Waals surface area contributed by atoms with Crippen molar-refractivity contribution in [1.29, 1.82) is 0 Å². The highest BCUT2D eigenvalue weighted by molar-refractivity contribution is 7.17. The average molecular weight is 401 g/mol. The summed E-state index contributed by atoms with van der Waals surface area (Å²) in [5.41, 5.74) is 1.90. The van der Waals surface area contributed by atoms with Crippen molar-refractivity contribution in [1.82, 2.24) is 14.6 Å². The maximum absolute atomic E-state index is 11.5. The molecule has 0 unspecified atom stereocenters. The van der Waals surface area contributed by atoms with Gasteiger partial charge in [0.1, 0.15) is 19.5 Å². The van der Waals surface area contributed by atoms with Gasteiger partial charge in [-0.3, -0.25) is 0 Å². The number of thiazole rings is 1. The molecule has 0 radical (unpaired) electrons. The van der Waals surface area contributed by atoms with Gasteiger partial charge in [0.05, 0.1) is 5.69 Å². The minimum absolute atomic E-state index is 0.104. The van der Waals surface area contributed by atoms with Crippen LogP contribution in [0.5, 0.6) is 0 Å². The summed E-state index contributed by atoms with van der Waals surface area (Å²) in [7, 11) is 0. The lowest BCUT2D eigenvalue weighted by Gasteiger charge is -2.08. The fourth-order valence-electron chi connectivity index (χ4n) is 2.55. The number of aliphatic carboxylic acids is 1. The molecule has 10 heteroatoms. The second-order valence-electron chi connectivity index (χ2n) is 5.64. The highest BCUT2D eigenvalue weighted by Gasteiger charge is 2.17. The number of carboxylic acids is 1. The standard InChI is InChI=1S/C18H19N5O4S/c1-3-26-22-16(17(24)25)14-7-5-4-6-13(14)10-27-21-9-8-15-12(2)28-18-19-11-20-23(15)18/h4-7,9,11H,3,8,10H2,1-2H3,(H,24,25). The van der Waals surface area contributed by atoms with Gasteiger partial charge in [-0.2, -0.15) is 5.10 Å². The first-order chi connectivity index (χ1) is 13.6. The Morgan fingerprint density at radius 2 is 2.18 bits per heavy atom. The lowest BCUT2D eigenvalue weighted by Crippen LogP contribution is -2.17. The molecular weight excluding hydrogens is 382 g/mol. The first-order valence-corrected chi connectivity index (χ1v) is 9.36. The molecule has 0 amide bonds. The Bertz CT molecular complexity index is 1020. The van der Waals surface area contributed by atoms with Gasteiger partial charge in [0, 0.05) is 28.6 Å². The quantitative estimate of drug-likeness (QED) is 0.436. The molecule has 2 heterocycles. The van der Waals surface area contributed by atoms with Gasteiger partial charge < -0.3 is 14.8 Å². The summed E-state index contributed by atoms with van der Waals surface area (Å²) >= 11 is 1.57. The van der Waals surface area contributed by atoms with E-state index >= 15 is 0 Å². The zero-order chi connectivity index (χ0) is 19.9. The van der Waals surface area contributed by atoms with E-state index in [0.29, 0.717) is 17.5 Å². The van der Waals surface area contributed by atoms with Crippen LogP contribution < -0.4 is 0 Å². The molecule has 3 rings (SSSR count). The molecule has 0 spiro atoms. The number of aromatic nitrogens is 3. The fraction of sp³-hybridized carbons (Fsp3) is 0.278. The number of carboxylic acid groups (broad SMARTS) is 1. The van der Waals surface area contributed by atoms with Crippen LogP contribution in [-0.4, -0.2) is 44.2 Å². The summed E-state index contributed by atoms with van der Waals surface area (Å²) in [4.78, 5) is 27.9. The number of hydrogen-bond acceptors (Lipinski definition) is 8. The third-order valence-corrected chi connectivity index (χ3v) is 4.84. The lowest BCUT2D eigenvalue weighted by atomic mass is 10.0. The highest BCUT2D eigenvalue weighted by atomic mass is 32.1. The van der Waals surface area contributed by atoms with Crippen molar-refractivity contribution in [3.8, 4) is 0 Å². The van der Waals surface area contributed by atoms with Crippen LogP contribution >= 0.6 is 11.3 Å². The van der Waals surface area contributed by atoms with E-state index in [1.165, 1.54) is 6.33 Å². The summed E-state index contributed by atoms with van der Waals surface area (Å²) in [6.07, 6.45) is 3.71. The van der Waals surface area contributed by atoms with Gasteiger partial charge in [0.2, 0.25) is 4.96 Å². The fourth-order valence-corrected chi connectivity index (χ4v) is 3.46. The van der Waals surface area contributed by atoms with Crippen LogP contribution in [-0.2, 0) is 27.5 Å². The van der Waals surface area contributed by atoms with Gasteiger partial charge in [-0.15, -0.1) is 0 Å². The topological polar surface area (TPSA) is 111 Å². The summed E-state index contributed by atoms with van der Waals surface area (Å²) in [6.45, 7) is 4.12. The van der Waals surface area contributed by atoms with Crippen LogP contribution in [0.4, 0.5) is 0 Å². The van der Waals surface area contributed by atoms with Crippen LogP contribution in [0.2, 0.25) is 0 Å². The zero-order valence-electron chi connectivity index (χ0n) is 15.4. The predicted molar refractivity (Wildman–Crippen MR) is 105 cm³/mol. The molecule has 0 saturated heterocycles. The van der Waals surface area contributed by atoms with E-state index in [9.17, 15) is 9.90 Å². The van der Waals surface area contributed by atoms with Crippen LogP contribution in [0, 0.1) is 6.92 Å². The van der Waals surface area contributed by atoms with Crippen molar-refractivity contribution in [2.24, 2.45) is 10.3 Å². The minimum Gasteiger partial charge on any atom is -0.476 e. The summed E-state index contributed by atoms with van der Waals surface area (Å²) in [5.74, 6) is -1.17. The summed E-state index contributed by atoms with van der Waals surface area (Å²) < 4.78 is 1.78. The third kappa shape index (κ3) is 4.34. The third-order valence-electron chi connectivity index (χ3n) is 3.84. The van der Waals surface area contributed by atoms with Gasteiger partial charge in [-0.25, -0.2) is 14.3 Å². The van der Waals surface area contributed by atoms with Crippen molar-refractivity contribution in [3.63, 3.8) is 0 Å². The number of nitrogens with zero attached hydrogens (tertiary/aromatic N) is 5. The smallest absolute Gasteiger partial charge is 0.358 e. The van der Waals surface area contributed by atoms with Crippen LogP contribution in [0.3, 0.4) is 0 Å². The Labute approximate surface area is 164 Å². The molecule has 1 aromatic carbocycles. The van der Waals surface area contributed by atoms with E-state index in [1.54, 1.807) is 53.3 Å². The predicted octanol–water partition coefficient (Wildman–Crippen LogP) is 2.67. The Morgan fingerprint density at radius 1 is 1.36 bits per heavy atom. The van der Waals surface area contributed by atoms with Crippen molar-refractivity contribution >= 4 is 34.2 Å². The summed E-state index contributed by atoms with van der Waals surface area (Å²) in [5, 5.41) is 21.3. The van der Waals surface area contributed by atoms with Crippen LogP contribution in [0.1, 0.15) is 28.6 Å². The molecule has 0 atom stereocenters. The molecule has 3 aromatic rings. The minimum atomic E-state index is -1.17. The molecular formula is C18H19N5O4S. The van der Waals surface area contributed by atoms with Crippen LogP contribution in [0.25, 0.3) is 4.96 Å². The van der Waals surface area contributed by atoms with Crippen molar-refractivity contribution in [2.75, 3.05) is 6.61 Å². The molecule has 9 nitrogen and oxygen atoms in total. The first-order valence-electron chi connectivity index (χ1n) is 8.55. The molecule has 0 aliphatic rings. The molecule has 0 aliphatic heterocycles. The SMILES string of the molecule is CCON=C(C(=O)O)c1ccccc1CON=CCc1c(C)sc2ncnn12. The van der Waals surface area contributed by atoms with E-state index in [2.05, 4.69) is 20.4 Å². The van der Waals surface area contributed by atoms with Crippen molar-refractivity contribution < 1.29 is 19.6 Å². The van der Waals surface area contributed by atoms with Gasteiger partial charge in [0.15, 0.2) is 5.71 Å². The van der Waals surface area contributed by atoms with Crippen molar-refractivity contribution in [2.45, 2.75) is 26.9 Å². The molecule has 0 aliphatic carbocycles. The zero-order valence-corrected chi connectivity index (χ0v) is 16.2. The van der Waals surface area contributed by atoms with Gasteiger partial charge in [-0.05, 0) is 13.8 Å². The number of benzene rings is 1. The number of carbonyl (C=O) groups is 1. The van der Waals surface area contributed by atoms with Gasteiger partial charge in [-0.1, -0.05) is 45.9 Å². The number of rotatable bonds is 9. The van der Waals surface area contributed by atoms with Gasteiger partial charge >= 0.3 is 5.97 Å². The molecule has 146 valence electrons. The van der Waals surface area contributed by atoms with E-state index in [1.807, 2.05) is 6.92 Å². The normalized spacial score (nSPS) is 12.0. The molecule has 1 N–H and O–H groups in total. The number of aryl methyl sites for hydroxylation is 1. The monoisotopic (exact) mass is 401 g/mol. The highest BCUT2D eigenvalue weighted by Crippen LogP contribution is 2.20. The maximum atomic E-state index is 11.5. The second-order valence-corrected chi connectivity index (χ2v) is 6.83. The maximum Gasteiger partial charge on any atom is 0.358 e. The molecule has 0 bridgehead atoms. The number of hydrogen-bond donors (Lipinski definition) is 1. The lowest BCUT2D eigenvalue weighted by molar-refractivity contribution is -0.129.